The van der Waals surface area contributed by atoms with Crippen molar-refractivity contribution in [3.8, 4) is 5.75 Å². The van der Waals surface area contributed by atoms with E-state index in [2.05, 4.69) is 5.32 Å². The van der Waals surface area contributed by atoms with Crippen molar-refractivity contribution < 1.29 is 27.9 Å². The topological polar surface area (TPSA) is 94.9 Å². The first-order valence-corrected chi connectivity index (χ1v) is 10.0. The second-order valence-corrected chi connectivity index (χ2v) is 8.03. The molecule has 2 aliphatic heterocycles. The van der Waals surface area contributed by atoms with Crippen LogP contribution in [0.3, 0.4) is 0 Å². The van der Waals surface area contributed by atoms with E-state index >= 15 is 0 Å². The highest BCUT2D eigenvalue weighted by molar-refractivity contribution is 5.99. The highest BCUT2D eigenvalue weighted by atomic mass is 19.1. The van der Waals surface area contributed by atoms with Gasteiger partial charge in [-0.3, -0.25) is 24.1 Å². The summed E-state index contributed by atoms with van der Waals surface area (Å²) in [6.07, 6.45) is -0.0955. The van der Waals surface area contributed by atoms with Crippen LogP contribution >= 0.6 is 0 Å². The summed E-state index contributed by atoms with van der Waals surface area (Å²) >= 11 is 0. The average molecular weight is 450 g/mol. The van der Waals surface area contributed by atoms with Crippen LogP contribution in [0, 0.1) is 11.6 Å². The lowest BCUT2D eigenvalue weighted by Crippen LogP contribution is -2.57. The standard InChI is InChI=1S/C21H21F3N4O4/c1-10-5-15(23)11(2)26-9-28(10)27-8-14(18(29)19(30)17(27)21(26)32)20(31)25-7-12-3-4-13(22)6-16(12)24/h3-4,6,8,10-11,15,30H,5,7,9H2,1-2H3,(H,25,31)/t10-,11+,15-/m1/s1. The van der Waals surface area contributed by atoms with Gasteiger partial charge >= 0.3 is 0 Å². The molecule has 3 heterocycles. The third-order valence-electron chi connectivity index (χ3n) is 5.99. The molecule has 1 aromatic carbocycles. The van der Waals surface area contributed by atoms with Gasteiger partial charge in [0, 0.05) is 36.8 Å². The van der Waals surface area contributed by atoms with Crippen molar-refractivity contribution in [1.82, 2.24) is 14.9 Å². The molecule has 0 saturated carbocycles. The minimum absolute atomic E-state index is 0.00281. The Balaban J connectivity index is 1.70. The zero-order chi connectivity index (χ0) is 23.3. The summed E-state index contributed by atoms with van der Waals surface area (Å²) in [4.78, 5) is 39.5. The number of nitrogens with one attached hydrogen (secondary N) is 1. The van der Waals surface area contributed by atoms with Gasteiger partial charge in [0.15, 0.2) is 11.4 Å². The third-order valence-corrected chi connectivity index (χ3v) is 5.99. The average Bonchev–Trinajstić information content (AvgIpc) is 2.83. The number of halogens is 3. The van der Waals surface area contributed by atoms with Crippen molar-refractivity contribution in [2.75, 3.05) is 11.7 Å². The molecule has 1 saturated heterocycles. The second-order valence-electron chi connectivity index (χ2n) is 8.03. The Morgan fingerprint density at radius 3 is 2.66 bits per heavy atom. The third kappa shape index (κ3) is 3.47. The van der Waals surface area contributed by atoms with E-state index < -0.39 is 58.4 Å². The van der Waals surface area contributed by atoms with E-state index in [-0.39, 0.29) is 30.9 Å². The highest BCUT2D eigenvalue weighted by Gasteiger charge is 2.43. The van der Waals surface area contributed by atoms with E-state index in [1.54, 1.807) is 18.9 Å². The maximum Gasteiger partial charge on any atom is 0.278 e. The fourth-order valence-electron chi connectivity index (χ4n) is 4.02. The van der Waals surface area contributed by atoms with Gasteiger partial charge in [0.1, 0.15) is 30.0 Å². The summed E-state index contributed by atoms with van der Waals surface area (Å²) in [6.45, 7) is 2.97. The molecule has 4 rings (SSSR count). The number of rotatable bonds is 3. The Hall–Kier alpha value is -3.50. The van der Waals surface area contributed by atoms with Crippen LogP contribution in [-0.2, 0) is 6.54 Å². The van der Waals surface area contributed by atoms with E-state index in [1.165, 1.54) is 9.58 Å². The number of aromatic nitrogens is 1. The fourth-order valence-corrected chi connectivity index (χ4v) is 4.02. The molecular formula is C21H21F3N4O4. The Morgan fingerprint density at radius 2 is 1.97 bits per heavy atom. The molecule has 2 aromatic rings. The maximum atomic E-state index is 14.6. The van der Waals surface area contributed by atoms with Crippen LogP contribution in [0.4, 0.5) is 13.2 Å². The van der Waals surface area contributed by atoms with Crippen molar-refractivity contribution in [3.05, 3.63) is 63.1 Å². The number of aromatic hydroxyl groups is 1. The predicted molar refractivity (Wildman–Crippen MR) is 108 cm³/mol. The quantitative estimate of drug-likeness (QED) is 0.742. The molecule has 2 aliphatic rings. The number of hydrogen-bond donors (Lipinski definition) is 2. The van der Waals surface area contributed by atoms with Crippen molar-refractivity contribution in [3.63, 3.8) is 0 Å². The van der Waals surface area contributed by atoms with Crippen LogP contribution in [0.5, 0.6) is 5.75 Å². The van der Waals surface area contributed by atoms with E-state index in [9.17, 15) is 32.7 Å². The van der Waals surface area contributed by atoms with Gasteiger partial charge in [-0.1, -0.05) is 6.07 Å². The van der Waals surface area contributed by atoms with Gasteiger partial charge in [0.2, 0.25) is 5.43 Å². The first kappa shape index (κ1) is 21.7. The molecule has 0 aliphatic carbocycles. The Labute approximate surface area is 180 Å². The highest BCUT2D eigenvalue weighted by Crippen LogP contribution is 2.30. The molecule has 0 radical (unpaired) electrons. The van der Waals surface area contributed by atoms with Crippen molar-refractivity contribution in [2.24, 2.45) is 0 Å². The molecule has 32 heavy (non-hydrogen) atoms. The van der Waals surface area contributed by atoms with Gasteiger partial charge in [-0.25, -0.2) is 13.2 Å². The van der Waals surface area contributed by atoms with Gasteiger partial charge in [-0.15, -0.1) is 0 Å². The number of carbonyl (C=O) groups is 2. The zero-order valence-corrected chi connectivity index (χ0v) is 17.3. The molecule has 2 amide bonds. The predicted octanol–water partition coefficient (Wildman–Crippen LogP) is 1.63. The van der Waals surface area contributed by atoms with Crippen LogP contribution in [0.25, 0.3) is 0 Å². The van der Waals surface area contributed by atoms with Gasteiger partial charge in [0.05, 0.1) is 6.04 Å². The first-order chi connectivity index (χ1) is 15.1. The normalized spacial score (nSPS) is 22.4. The molecule has 1 aromatic heterocycles. The molecule has 2 bridgehead atoms. The Bertz CT molecular complexity index is 1170. The Kier molecular flexibility index (Phi) is 5.35. The van der Waals surface area contributed by atoms with E-state index in [4.69, 9.17) is 0 Å². The lowest BCUT2D eigenvalue weighted by atomic mass is 10.1. The first-order valence-electron chi connectivity index (χ1n) is 10.0. The summed E-state index contributed by atoms with van der Waals surface area (Å²) in [5.41, 5.74) is -1.91. The van der Waals surface area contributed by atoms with Crippen LogP contribution in [0.1, 0.15) is 46.7 Å². The summed E-state index contributed by atoms with van der Waals surface area (Å²) < 4.78 is 42.6. The largest absolute Gasteiger partial charge is 0.502 e. The van der Waals surface area contributed by atoms with Crippen LogP contribution < -0.4 is 15.8 Å². The number of fused-ring (bicyclic) bond motifs is 4. The minimum Gasteiger partial charge on any atom is -0.502 e. The number of hydrogen-bond acceptors (Lipinski definition) is 5. The monoisotopic (exact) mass is 450 g/mol. The van der Waals surface area contributed by atoms with Crippen molar-refractivity contribution in [1.29, 1.82) is 0 Å². The SMILES string of the molecule is C[C@@H]1C[C@@H](F)[C@H](C)N2CN1n1cc(C(=O)NCc3ccc(F)cc3F)c(=O)c(O)c1C2=O. The lowest BCUT2D eigenvalue weighted by molar-refractivity contribution is 0.0553. The number of pyridine rings is 1. The van der Waals surface area contributed by atoms with Crippen LogP contribution in [0.2, 0.25) is 0 Å². The molecule has 8 nitrogen and oxygen atoms in total. The molecule has 1 fully saturated rings. The fraction of sp³-hybridized carbons (Fsp3) is 0.381. The van der Waals surface area contributed by atoms with E-state index in [0.717, 1.165) is 18.3 Å². The summed E-state index contributed by atoms with van der Waals surface area (Å²) in [5.74, 6) is -4.21. The molecular weight excluding hydrogens is 429 g/mol. The second kappa shape index (κ2) is 7.88. The number of carbonyl (C=O) groups excluding carboxylic acids is 2. The lowest BCUT2D eigenvalue weighted by Gasteiger charge is -2.41. The van der Waals surface area contributed by atoms with Crippen LogP contribution in [0.15, 0.2) is 29.2 Å². The summed E-state index contributed by atoms with van der Waals surface area (Å²) in [7, 11) is 0. The maximum absolute atomic E-state index is 14.6. The van der Waals surface area contributed by atoms with Gasteiger partial charge in [-0.05, 0) is 19.9 Å². The molecule has 0 unspecified atom stereocenters. The molecule has 11 heteroatoms. The number of amides is 2. The molecule has 3 atom stereocenters. The molecule has 2 N–H and O–H groups in total. The van der Waals surface area contributed by atoms with Crippen molar-refractivity contribution in [2.45, 2.75) is 45.1 Å². The van der Waals surface area contributed by atoms with Gasteiger partial charge in [0.25, 0.3) is 11.8 Å². The van der Waals surface area contributed by atoms with Crippen LogP contribution in [-0.4, -0.2) is 51.4 Å². The van der Waals surface area contributed by atoms with Crippen molar-refractivity contribution >= 4 is 11.8 Å². The summed E-state index contributed by atoms with van der Waals surface area (Å²) in [6, 6.07) is 1.69. The number of benzene rings is 1. The zero-order valence-electron chi connectivity index (χ0n) is 17.3. The minimum atomic E-state index is -1.31. The number of alkyl halides is 1. The number of nitrogens with zero attached hydrogens (tertiary/aromatic N) is 3. The smallest absolute Gasteiger partial charge is 0.278 e. The van der Waals surface area contributed by atoms with E-state index in [0.29, 0.717) is 6.07 Å². The Morgan fingerprint density at radius 1 is 1.25 bits per heavy atom. The summed E-state index contributed by atoms with van der Waals surface area (Å²) in [5, 5.41) is 14.4. The van der Waals surface area contributed by atoms with Gasteiger partial charge in [-0.2, -0.15) is 0 Å². The molecule has 170 valence electrons. The molecule has 0 spiro atoms. The van der Waals surface area contributed by atoms with E-state index in [1.807, 2.05) is 0 Å². The van der Waals surface area contributed by atoms with Gasteiger partial charge < -0.3 is 15.3 Å².